The van der Waals surface area contributed by atoms with Crippen molar-refractivity contribution in [3.05, 3.63) is 127 Å². The summed E-state index contributed by atoms with van der Waals surface area (Å²) in [6.45, 7) is 4.56. The van der Waals surface area contributed by atoms with Crippen molar-refractivity contribution in [2.45, 2.75) is 19.3 Å². The molecule has 40 heavy (non-hydrogen) atoms. The van der Waals surface area contributed by atoms with Crippen LogP contribution in [0.5, 0.6) is 11.5 Å². The van der Waals surface area contributed by atoms with E-state index in [2.05, 4.69) is 64.9 Å². The monoisotopic (exact) mass is 519 g/mol. The molecule has 7 aromatic rings. The van der Waals surface area contributed by atoms with Crippen LogP contribution in [0.4, 0.5) is 0 Å². The van der Waals surface area contributed by atoms with Crippen molar-refractivity contribution in [1.82, 2.24) is 24.3 Å². The van der Waals surface area contributed by atoms with E-state index in [1.807, 2.05) is 71.8 Å². The van der Waals surface area contributed by atoms with Crippen LogP contribution in [0.2, 0.25) is 0 Å². The highest BCUT2D eigenvalue weighted by Crippen LogP contribution is 2.47. The molecule has 1 aliphatic rings. The molecule has 5 heterocycles. The summed E-state index contributed by atoms with van der Waals surface area (Å²) in [6.07, 6.45) is 9.33. The number of nitrogens with zero attached hydrogens (tertiary/aromatic N) is 5. The molecule has 0 unspecified atom stereocenters. The Balaban J connectivity index is 1.21. The summed E-state index contributed by atoms with van der Waals surface area (Å²) in [4.78, 5) is 8.96. The number of benzene rings is 3. The van der Waals surface area contributed by atoms with Gasteiger partial charge in [0, 0.05) is 64.2 Å². The Kier molecular flexibility index (Phi) is 4.76. The predicted molar refractivity (Wildman–Crippen MR) is 158 cm³/mol. The van der Waals surface area contributed by atoms with E-state index in [9.17, 15) is 0 Å². The van der Waals surface area contributed by atoms with Crippen molar-refractivity contribution in [2.75, 3.05) is 0 Å². The van der Waals surface area contributed by atoms with Gasteiger partial charge in [-0.3, -0.25) is 9.55 Å². The lowest BCUT2D eigenvalue weighted by Gasteiger charge is -2.33. The second-order valence-corrected chi connectivity index (χ2v) is 10.7. The molecule has 0 saturated heterocycles. The summed E-state index contributed by atoms with van der Waals surface area (Å²) in [6, 6.07) is 29.1. The van der Waals surface area contributed by atoms with Gasteiger partial charge in [0.1, 0.15) is 17.3 Å². The molecule has 0 N–H and O–H groups in total. The smallest absolute Gasteiger partial charge is 0.141 e. The summed E-state index contributed by atoms with van der Waals surface area (Å²) in [5, 5.41) is 7.00. The molecule has 6 heteroatoms. The van der Waals surface area contributed by atoms with Gasteiger partial charge in [-0.2, -0.15) is 5.10 Å². The summed E-state index contributed by atoms with van der Waals surface area (Å²) in [7, 11) is 0. The molecule has 8 rings (SSSR count). The molecule has 4 aromatic heterocycles. The zero-order chi connectivity index (χ0) is 26.8. The Bertz CT molecular complexity index is 2070. The highest BCUT2D eigenvalue weighted by Gasteiger charge is 2.35. The van der Waals surface area contributed by atoms with E-state index in [-0.39, 0.29) is 5.41 Å². The molecule has 192 valence electrons. The van der Waals surface area contributed by atoms with Crippen LogP contribution >= 0.6 is 0 Å². The maximum Gasteiger partial charge on any atom is 0.141 e. The average molecular weight is 520 g/mol. The van der Waals surface area contributed by atoms with Crippen LogP contribution in [0.25, 0.3) is 44.4 Å². The first-order valence-electron chi connectivity index (χ1n) is 13.3. The average Bonchev–Trinajstić information content (AvgIpc) is 3.61. The third-order valence-electron chi connectivity index (χ3n) is 8.02. The van der Waals surface area contributed by atoms with Gasteiger partial charge in [-0.1, -0.05) is 44.2 Å². The van der Waals surface area contributed by atoms with E-state index in [0.717, 1.165) is 39.6 Å². The van der Waals surface area contributed by atoms with Crippen molar-refractivity contribution < 1.29 is 4.74 Å². The van der Waals surface area contributed by atoms with Crippen LogP contribution in [-0.2, 0) is 5.41 Å². The minimum Gasteiger partial charge on any atom is -0.457 e. The van der Waals surface area contributed by atoms with Crippen LogP contribution in [-0.4, -0.2) is 24.3 Å². The maximum absolute atomic E-state index is 6.43. The van der Waals surface area contributed by atoms with Gasteiger partial charge < -0.3 is 4.74 Å². The van der Waals surface area contributed by atoms with Crippen LogP contribution in [0.15, 0.2) is 116 Å². The standard InChI is InChI=1S/C34H25N5O/c1-34(2)29-9-4-8-28-27-12-11-26(19-31(27)39(32(28)29)33-30(34)10-5-15-36-33)40-25-7-3-6-24(18-25)38-21-23(20-37-38)22-13-16-35-17-14-22/h3-21H,1-2H3. The number of ether oxygens (including phenoxy) is 1. The summed E-state index contributed by atoms with van der Waals surface area (Å²) in [5.41, 5.74) is 7.72. The minimum absolute atomic E-state index is 0.142. The van der Waals surface area contributed by atoms with E-state index in [1.54, 1.807) is 12.4 Å². The number of para-hydroxylation sites is 1. The Morgan fingerprint density at radius 1 is 0.725 bits per heavy atom. The Hall–Kier alpha value is -5.23. The molecule has 0 aliphatic carbocycles. The quantitative estimate of drug-likeness (QED) is 0.238. The molecular formula is C34H25N5O. The van der Waals surface area contributed by atoms with E-state index in [0.29, 0.717) is 0 Å². The van der Waals surface area contributed by atoms with Gasteiger partial charge in [-0.15, -0.1) is 0 Å². The minimum atomic E-state index is -0.142. The Morgan fingerprint density at radius 3 is 2.45 bits per heavy atom. The molecule has 0 saturated carbocycles. The molecule has 0 radical (unpaired) electrons. The lowest BCUT2D eigenvalue weighted by Crippen LogP contribution is -2.26. The van der Waals surface area contributed by atoms with Crippen LogP contribution in [0.3, 0.4) is 0 Å². The summed E-state index contributed by atoms with van der Waals surface area (Å²) >= 11 is 0. The number of aromatic nitrogens is 5. The first kappa shape index (κ1) is 22.7. The van der Waals surface area contributed by atoms with Gasteiger partial charge >= 0.3 is 0 Å². The Labute approximate surface area is 231 Å². The number of fused-ring (bicyclic) bond motifs is 5. The SMILES string of the molecule is CC1(C)c2cccnc2-n2c3cc(Oc4cccc(-n5cc(-c6ccncc6)cn5)c4)ccc3c3cccc1c32. The van der Waals surface area contributed by atoms with Crippen LogP contribution in [0.1, 0.15) is 25.0 Å². The van der Waals surface area contributed by atoms with Gasteiger partial charge in [0.2, 0.25) is 0 Å². The van der Waals surface area contributed by atoms with Crippen molar-refractivity contribution >= 4 is 21.8 Å². The van der Waals surface area contributed by atoms with Gasteiger partial charge in [0.15, 0.2) is 0 Å². The van der Waals surface area contributed by atoms with Crippen molar-refractivity contribution in [3.63, 3.8) is 0 Å². The maximum atomic E-state index is 6.43. The molecule has 3 aromatic carbocycles. The summed E-state index contributed by atoms with van der Waals surface area (Å²) in [5.74, 6) is 2.49. The fourth-order valence-corrected chi connectivity index (χ4v) is 6.03. The second kappa shape index (κ2) is 8.38. The fourth-order valence-electron chi connectivity index (χ4n) is 6.03. The number of rotatable bonds is 4. The molecule has 1 aliphatic heterocycles. The third-order valence-corrected chi connectivity index (χ3v) is 8.02. The van der Waals surface area contributed by atoms with Crippen LogP contribution in [0, 0.1) is 0 Å². The lowest BCUT2D eigenvalue weighted by atomic mass is 9.76. The van der Waals surface area contributed by atoms with E-state index >= 15 is 0 Å². The first-order chi connectivity index (χ1) is 19.6. The first-order valence-corrected chi connectivity index (χ1v) is 13.3. The zero-order valence-electron chi connectivity index (χ0n) is 22.1. The normalized spacial score (nSPS) is 13.4. The molecular weight excluding hydrogens is 494 g/mol. The van der Waals surface area contributed by atoms with E-state index < -0.39 is 0 Å². The van der Waals surface area contributed by atoms with Crippen molar-refractivity contribution in [2.24, 2.45) is 0 Å². The van der Waals surface area contributed by atoms with Gasteiger partial charge in [0.25, 0.3) is 0 Å². The second-order valence-electron chi connectivity index (χ2n) is 10.7. The highest BCUT2D eigenvalue weighted by atomic mass is 16.5. The van der Waals surface area contributed by atoms with Gasteiger partial charge in [0.05, 0.1) is 22.9 Å². The molecule has 0 bridgehead atoms. The number of hydrogen-bond donors (Lipinski definition) is 0. The van der Waals surface area contributed by atoms with E-state index in [4.69, 9.17) is 9.72 Å². The Morgan fingerprint density at radius 2 is 1.55 bits per heavy atom. The molecule has 0 spiro atoms. The molecule has 0 atom stereocenters. The van der Waals surface area contributed by atoms with Gasteiger partial charge in [-0.25, -0.2) is 9.67 Å². The van der Waals surface area contributed by atoms with Crippen LogP contribution < -0.4 is 4.74 Å². The largest absolute Gasteiger partial charge is 0.457 e. The zero-order valence-corrected chi connectivity index (χ0v) is 22.1. The van der Waals surface area contributed by atoms with Crippen molar-refractivity contribution in [3.8, 4) is 34.1 Å². The predicted octanol–water partition coefficient (Wildman–Crippen LogP) is 7.86. The van der Waals surface area contributed by atoms with Crippen molar-refractivity contribution in [1.29, 1.82) is 0 Å². The molecule has 6 nitrogen and oxygen atoms in total. The van der Waals surface area contributed by atoms with E-state index in [1.165, 1.54) is 27.4 Å². The third kappa shape index (κ3) is 3.32. The number of pyridine rings is 2. The lowest BCUT2D eigenvalue weighted by molar-refractivity contribution is 0.483. The molecule has 0 fully saturated rings. The topological polar surface area (TPSA) is 57.8 Å². The highest BCUT2D eigenvalue weighted by molar-refractivity contribution is 6.11. The van der Waals surface area contributed by atoms with Gasteiger partial charge in [-0.05, 0) is 53.6 Å². The number of hydrogen-bond acceptors (Lipinski definition) is 4. The fraction of sp³-hybridized carbons (Fsp3) is 0.0882. The molecule has 0 amide bonds. The summed E-state index contributed by atoms with van der Waals surface area (Å²) < 4.78 is 10.6.